The molecule has 0 aromatic carbocycles. The zero-order valence-corrected chi connectivity index (χ0v) is 22.9. The molecule has 3 aliphatic carbocycles. The largest absolute Gasteiger partial charge is 0.462 e. The molecule has 33 heavy (non-hydrogen) atoms. The molecular formula is C29H54NO3+. The van der Waals surface area contributed by atoms with Gasteiger partial charge in [-0.2, -0.15) is 0 Å². The van der Waals surface area contributed by atoms with Crippen molar-refractivity contribution < 1.29 is 19.1 Å². The van der Waals surface area contributed by atoms with Gasteiger partial charge in [0, 0.05) is 0 Å². The van der Waals surface area contributed by atoms with Crippen LogP contribution in [0.25, 0.3) is 0 Å². The summed E-state index contributed by atoms with van der Waals surface area (Å²) >= 11 is 0. The van der Waals surface area contributed by atoms with E-state index in [4.69, 9.17) is 4.74 Å². The SMILES string of the molecule is CC[N+](CC)(CC)CC(O)COC(=O)[C@]1(C)CCC[C@@]2(C)[C@H]1CCC1CC(C(C)C)CC[C@@H]12. The fraction of sp³-hybridized carbons (Fsp3) is 0.966. The van der Waals surface area contributed by atoms with Gasteiger partial charge in [-0.25, -0.2) is 0 Å². The molecule has 4 heteroatoms. The van der Waals surface area contributed by atoms with Gasteiger partial charge in [-0.1, -0.05) is 27.2 Å². The van der Waals surface area contributed by atoms with Crippen molar-refractivity contribution in [2.45, 2.75) is 106 Å². The maximum Gasteiger partial charge on any atom is 0.312 e. The molecule has 0 heterocycles. The third-order valence-corrected chi connectivity index (χ3v) is 11.1. The third-order valence-electron chi connectivity index (χ3n) is 11.1. The summed E-state index contributed by atoms with van der Waals surface area (Å²) in [4.78, 5) is 13.6. The van der Waals surface area contributed by atoms with Crippen molar-refractivity contribution in [3.63, 3.8) is 0 Å². The monoisotopic (exact) mass is 464 g/mol. The van der Waals surface area contributed by atoms with Gasteiger partial charge in [0.15, 0.2) is 0 Å². The van der Waals surface area contributed by atoms with E-state index in [2.05, 4.69) is 48.5 Å². The minimum absolute atomic E-state index is 0.0469. The first-order valence-corrected chi connectivity index (χ1v) is 14.3. The van der Waals surface area contributed by atoms with Crippen LogP contribution in [0.4, 0.5) is 0 Å². The van der Waals surface area contributed by atoms with Crippen molar-refractivity contribution in [1.29, 1.82) is 0 Å². The second-order valence-electron chi connectivity index (χ2n) is 12.8. The fourth-order valence-corrected chi connectivity index (χ4v) is 8.62. The molecule has 4 nitrogen and oxygen atoms in total. The maximum atomic E-state index is 13.6. The van der Waals surface area contributed by atoms with Crippen LogP contribution >= 0.6 is 0 Å². The molecule has 0 aromatic heterocycles. The normalized spacial score (nSPS) is 37.8. The highest BCUT2D eigenvalue weighted by molar-refractivity contribution is 5.77. The number of nitrogens with zero attached hydrogens (tertiary/aromatic N) is 1. The highest BCUT2D eigenvalue weighted by atomic mass is 16.5. The van der Waals surface area contributed by atoms with E-state index in [1.165, 1.54) is 32.1 Å². The van der Waals surface area contributed by atoms with Gasteiger partial charge in [0.1, 0.15) is 19.3 Å². The third kappa shape index (κ3) is 5.17. The minimum Gasteiger partial charge on any atom is -0.462 e. The van der Waals surface area contributed by atoms with Crippen LogP contribution in [0.5, 0.6) is 0 Å². The molecule has 1 N–H and O–H groups in total. The average molecular weight is 465 g/mol. The molecular weight excluding hydrogens is 410 g/mol. The summed E-state index contributed by atoms with van der Waals surface area (Å²) in [6.07, 6.45) is 9.28. The molecule has 0 aliphatic heterocycles. The Hall–Kier alpha value is -0.610. The van der Waals surface area contributed by atoms with Crippen LogP contribution in [0.2, 0.25) is 0 Å². The molecule has 0 aromatic rings. The molecule has 0 saturated heterocycles. The van der Waals surface area contributed by atoms with E-state index in [-0.39, 0.29) is 18.0 Å². The maximum absolute atomic E-state index is 13.6. The number of rotatable bonds is 9. The molecule has 0 bridgehead atoms. The average Bonchev–Trinajstić information content (AvgIpc) is 2.80. The Balaban J connectivity index is 1.67. The molecule has 0 radical (unpaired) electrons. The van der Waals surface area contributed by atoms with Gasteiger partial charge in [-0.3, -0.25) is 4.79 Å². The number of fused-ring (bicyclic) bond motifs is 3. The van der Waals surface area contributed by atoms with Crippen molar-refractivity contribution in [1.82, 2.24) is 0 Å². The van der Waals surface area contributed by atoms with E-state index in [0.717, 1.165) is 67.1 Å². The van der Waals surface area contributed by atoms with Gasteiger partial charge in [0.05, 0.1) is 25.0 Å². The summed E-state index contributed by atoms with van der Waals surface area (Å²) in [5, 5.41) is 10.7. The number of carbonyl (C=O) groups is 1. The van der Waals surface area contributed by atoms with Crippen LogP contribution in [-0.2, 0) is 9.53 Å². The summed E-state index contributed by atoms with van der Waals surface area (Å²) in [6.45, 7) is 19.8. The number of ether oxygens (including phenoxy) is 1. The van der Waals surface area contributed by atoms with Gasteiger partial charge in [0.2, 0.25) is 0 Å². The first-order chi connectivity index (χ1) is 15.5. The van der Waals surface area contributed by atoms with E-state index in [0.29, 0.717) is 12.5 Å². The Kier molecular flexibility index (Phi) is 8.64. The topological polar surface area (TPSA) is 46.5 Å². The Morgan fingerprint density at radius 1 is 1.03 bits per heavy atom. The highest BCUT2D eigenvalue weighted by Gasteiger charge is 2.59. The van der Waals surface area contributed by atoms with E-state index < -0.39 is 11.5 Å². The first-order valence-electron chi connectivity index (χ1n) is 14.3. The summed E-state index contributed by atoms with van der Waals surface area (Å²) in [7, 11) is 0. The number of quaternary nitrogens is 1. The number of aliphatic hydroxyl groups excluding tert-OH is 1. The first kappa shape index (κ1) is 27.0. The molecule has 3 aliphatic rings. The van der Waals surface area contributed by atoms with Crippen LogP contribution in [0.1, 0.15) is 99.8 Å². The molecule has 0 spiro atoms. The number of aliphatic hydroxyl groups is 1. The van der Waals surface area contributed by atoms with Crippen LogP contribution in [0.15, 0.2) is 0 Å². The van der Waals surface area contributed by atoms with Gasteiger partial charge in [0.25, 0.3) is 0 Å². The van der Waals surface area contributed by atoms with Crippen LogP contribution in [-0.4, -0.2) is 54.4 Å². The lowest BCUT2D eigenvalue weighted by atomic mass is 9.43. The second-order valence-corrected chi connectivity index (χ2v) is 12.8. The van der Waals surface area contributed by atoms with Crippen molar-refractivity contribution in [2.75, 3.05) is 32.8 Å². The second kappa shape index (κ2) is 10.6. The number of hydrogen-bond acceptors (Lipinski definition) is 3. The number of esters is 1. The van der Waals surface area contributed by atoms with Gasteiger partial charge in [-0.15, -0.1) is 0 Å². The van der Waals surface area contributed by atoms with Crippen molar-refractivity contribution >= 4 is 5.97 Å². The molecule has 3 saturated carbocycles. The molecule has 0 amide bonds. The fourth-order valence-electron chi connectivity index (χ4n) is 8.62. The number of hydrogen-bond donors (Lipinski definition) is 1. The van der Waals surface area contributed by atoms with Crippen LogP contribution in [0.3, 0.4) is 0 Å². The Labute approximate surface area is 204 Å². The van der Waals surface area contributed by atoms with Crippen molar-refractivity contribution in [3.8, 4) is 0 Å². The number of carbonyl (C=O) groups excluding carboxylic acids is 1. The predicted octanol–water partition coefficient (Wildman–Crippen LogP) is 6.06. The van der Waals surface area contributed by atoms with Gasteiger partial charge >= 0.3 is 5.97 Å². The smallest absolute Gasteiger partial charge is 0.312 e. The quantitative estimate of drug-likeness (QED) is 0.333. The highest BCUT2D eigenvalue weighted by Crippen LogP contribution is 2.64. The molecule has 3 rings (SSSR count). The van der Waals surface area contributed by atoms with Gasteiger partial charge in [-0.05, 0) is 108 Å². The lowest BCUT2D eigenvalue weighted by molar-refractivity contribution is -0.926. The Morgan fingerprint density at radius 3 is 2.30 bits per heavy atom. The number of likely N-dealkylation sites (N-methyl/N-ethyl adjacent to an activating group) is 1. The zero-order chi connectivity index (χ0) is 24.4. The standard InChI is InChI=1S/C29H54NO3/c1-8-30(9-2,10-3)19-24(31)20-33-27(32)29(7)17-11-16-28(6)25-14-12-22(21(4)5)18-23(25)13-15-26(28)29/h21-26,31H,8-20H2,1-7H3/q+1/t22?,23?,24?,25-,26+,28+,29+/m0/s1. The zero-order valence-electron chi connectivity index (χ0n) is 22.9. The summed E-state index contributed by atoms with van der Waals surface area (Å²) < 4.78 is 6.78. The van der Waals surface area contributed by atoms with E-state index in [9.17, 15) is 9.90 Å². The van der Waals surface area contributed by atoms with E-state index >= 15 is 0 Å². The summed E-state index contributed by atoms with van der Waals surface area (Å²) in [6, 6.07) is 0. The van der Waals surface area contributed by atoms with E-state index in [1.807, 2.05) is 0 Å². The summed E-state index contributed by atoms with van der Waals surface area (Å²) in [5.74, 6) is 3.65. The molecule has 3 fully saturated rings. The van der Waals surface area contributed by atoms with Crippen LogP contribution < -0.4 is 0 Å². The summed E-state index contributed by atoms with van der Waals surface area (Å²) in [5.41, 5.74) is -0.146. The molecule has 3 unspecified atom stereocenters. The van der Waals surface area contributed by atoms with E-state index in [1.54, 1.807) is 0 Å². The lowest BCUT2D eigenvalue weighted by Gasteiger charge is -2.61. The molecule has 192 valence electrons. The van der Waals surface area contributed by atoms with Gasteiger partial charge < -0.3 is 14.3 Å². The van der Waals surface area contributed by atoms with Crippen molar-refractivity contribution in [2.24, 2.45) is 40.4 Å². The minimum atomic E-state index is -0.588. The molecule has 7 atom stereocenters. The lowest BCUT2D eigenvalue weighted by Crippen LogP contribution is -2.56. The Morgan fingerprint density at radius 2 is 1.70 bits per heavy atom. The predicted molar refractivity (Wildman–Crippen MR) is 136 cm³/mol. The Bertz CT molecular complexity index is 651. The van der Waals surface area contributed by atoms with Crippen LogP contribution in [0, 0.1) is 40.4 Å². The van der Waals surface area contributed by atoms with Crippen molar-refractivity contribution in [3.05, 3.63) is 0 Å².